The molecular weight excluding hydrogens is 408 g/mol. The van der Waals surface area contributed by atoms with E-state index < -0.39 is 24.3 Å². The molecule has 0 radical (unpaired) electrons. The van der Waals surface area contributed by atoms with Crippen LogP contribution in [0.3, 0.4) is 0 Å². The van der Waals surface area contributed by atoms with Crippen molar-refractivity contribution in [2.24, 2.45) is 0 Å². The molecule has 10 nitrogen and oxygen atoms in total. The van der Waals surface area contributed by atoms with Crippen molar-refractivity contribution in [3.63, 3.8) is 0 Å². The third kappa shape index (κ3) is 12.8. The number of hydrogen-bond donors (Lipinski definition) is 4. The maximum absolute atomic E-state index is 10.6. The highest BCUT2D eigenvalue weighted by Gasteiger charge is 2.38. The van der Waals surface area contributed by atoms with Crippen molar-refractivity contribution in [3.05, 3.63) is 12.5 Å². The van der Waals surface area contributed by atoms with Crippen LogP contribution in [0.4, 0.5) is 32.2 Å². The molecule has 0 fully saturated rings. The lowest BCUT2D eigenvalue weighted by atomic mass is 10.4. The molecule has 0 aliphatic carbocycles. The molecule has 2 aromatic rings. The standard InChI is InChI=1S/C5H5N5.C3H6O.2C2HF3O2/c6-4-3-1-9-10-5(3)8-2-7-4;1-3(2)4;2*3-2(4,5)1(6)7/h1-2H,(H3,6,7,8,9,10);1-2H3;2*(H,6,7). The molecule has 0 aromatic carbocycles. The van der Waals surface area contributed by atoms with Crippen molar-refractivity contribution >= 4 is 34.6 Å². The number of rotatable bonds is 0. The Hall–Kier alpha value is -3.46. The average Bonchev–Trinajstić information content (AvgIpc) is 2.96. The summed E-state index contributed by atoms with van der Waals surface area (Å²) in [6.07, 6.45) is -7.17. The summed E-state index contributed by atoms with van der Waals surface area (Å²) >= 11 is 0. The number of nitrogens with two attached hydrogens (primary N) is 1. The van der Waals surface area contributed by atoms with Gasteiger partial charge in [0.05, 0.1) is 11.6 Å². The van der Waals surface area contributed by atoms with Crippen molar-refractivity contribution in [1.82, 2.24) is 20.2 Å². The lowest BCUT2D eigenvalue weighted by Gasteiger charge is -1.93. The number of aliphatic carboxylic acids is 2. The minimum absolute atomic E-state index is 0.167. The molecule has 158 valence electrons. The van der Waals surface area contributed by atoms with Crippen molar-refractivity contribution in [2.75, 3.05) is 5.73 Å². The molecule has 0 spiro atoms. The third-order valence-corrected chi connectivity index (χ3v) is 1.76. The van der Waals surface area contributed by atoms with E-state index >= 15 is 0 Å². The average molecular weight is 421 g/mol. The van der Waals surface area contributed by atoms with Crippen LogP contribution in [-0.4, -0.2) is 60.5 Å². The van der Waals surface area contributed by atoms with Gasteiger partial charge in [-0.2, -0.15) is 31.4 Å². The Balaban J connectivity index is 0. The van der Waals surface area contributed by atoms with E-state index in [0.29, 0.717) is 11.5 Å². The fourth-order valence-electron chi connectivity index (χ4n) is 0.784. The predicted molar refractivity (Wildman–Crippen MR) is 79.8 cm³/mol. The zero-order valence-corrected chi connectivity index (χ0v) is 14.0. The van der Waals surface area contributed by atoms with Crippen molar-refractivity contribution in [2.45, 2.75) is 26.2 Å². The van der Waals surface area contributed by atoms with E-state index in [1.54, 1.807) is 6.20 Å². The highest BCUT2D eigenvalue weighted by molar-refractivity contribution is 5.83. The fraction of sp³-hybridized carbons (Fsp3) is 0.333. The Kier molecular flexibility index (Phi) is 10.8. The molecule has 0 saturated heterocycles. The number of carbonyl (C=O) groups excluding carboxylic acids is 1. The van der Waals surface area contributed by atoms with Crippen LogP contribution < -0.4 is 5.73 Å². The van der Waals surface area contributed by atoms with Crippen LogP contribution in [-0.2, 0) is 14.4 Å². The van der Waals surface area contributed by atoms with Gasteiger partial charge in [-0.25, -0.2) is 19.6 Å². The van der Waals surface area contributed by atoms with Gasteiger partial charge in [0.2, 0.25) is 0 Å². The first-order valence-corrected chi connectivity index (χ1v) is 6.47. The van der Waals surface area contributed by atoms with Crippen LogP contribution in [0.1, 0.15) is 13.8 Å². The van der Waals surface area contributed by atoms with Gasteiger partial charge >= 0.3 is 24.3 Å². The van der Waals surface area contributed by atoms with Gasteiger partial charge in [-0.1, -0.05) is 0 Å². The highest BCUT2D eigenvalue weighted by atomic mass is 19.4. The number of carboxylic acids is 2. The number of nitrogens with one attached hydrogen (secondary N) is 1. The Labute approximate surface area is 151 Å². The number of hydrogen-bond acceptors (Lipinski definition) is 7. The normalized spacial score (nSPS) is 10.3. The number of carboxylic acid groups (broad SMARTS) is 2. The number of aromatic nitrogens is 4. The summed E-state index contributed by atoms with van der Waals surface area (Å²) in [5.74, 6) is -4.89. The van der Waals surface area contributed by atoms with E-state index in [2.05, 4.69) is 20.2 Å². The van der Waals surface area contributed by atoms with Crippen molar-refractivity contribution in [3.8, 4) is 0 Å². The third-order valence-electron chi connectivity index (χ3n) is 1.76. The molecule has 16 heteroatoms. The second-order valence-corrected chi connectivity index (χ2v) is 4.41. The molecular formula is C12H13F6N5O5. The van der Waals surface area contributed by atoms with E-state index in [9.17, 15) is 31.1 Å². The number of ketones is 1. The van der Waals surface area contributed by atoms with E-state index in [1.165, 1.54) is 20.2 Å². The van der Waals surface area contributed by atoms with Crippen LogP contribution in [0.5, 0.6) is 0 Å². The van der Waals surface area contributed by atoms with Crippen LogP contribution >= 0.6 is 0 Å². The van der Waals surface area contributed by atoms with Gasteiger partial charge in [-0.15, -0.1) is 0 Å². The summed E-state index contributed by atoms with van der Waals surface area (Å²) in [6.45, 7) is 3.06. The van der Waals surface area contributed by atoms with Crippen molar-refractivity contribution in [1.29, 1.82) is 0 Å². The summed E-state index contributed by atoms with van der Waals surface area (Å²) in [5, 5.41) is 21.5. The number of carbonyl (C=O) groups is 3. The van der Waals surface area contributed by atoms with Gasteiger partial charge in [-0.3, -0.25) is 5.10 Å². The van der Waals surface area contributed by atoms with E-state index in [1.807, 2.05) is 0 Å². The van der Waals surface area contributed by atoms with Crippen LogP contribution in [0.25, 0.3) is 11.0 Å². The van der Waals surface area contributed by atoms with Crippen LogP contribution in [0.2, 0.25) is 0 Å². The molecule has 0 bridgehead atoms. The Morgan fingerprint density at radius 2 is 1.32 bits per heavy atom. The number of Topliss-reactive ketones (excluding diaryl/α,β-unsaturated/α-hetero) is 1. The molecule has 0 amide bonds. The number of H-pyrrole nitrogens is 1. The largest absolute Gasteiger partial charge is 0.490 e. The molecule has 5 N–H and O–H groups in total. The Morgan fingerprint density at radius 1 is 0.964 bits per heavy atom. The molecule has 0 aliphatic heterocycles. The maximum Gasteiger partial charge on any atom is 0.490 e. The summed E-state index contributed by atoms with van der Waals surface area (Å²) in [6, 6.07) is 0. The van der Waals surface area contributed by atoms with E-state index in [4.69, 9.17) is 25.5 Å². The van der Waals surface area contributed by atoms with Gasteiger partial charge in [0.1, 0.15) is 17.9 Å². The van der Waals surface area contributed by atoms with E-state index in [0.717, 1.165) is 5.39 Å². The van der Waals surface area contributed by atoms with Crippen LogP contribution in [0.15, 0.2) is 12.5 Å². The molecule has 0 atom stereocenters. The molecule has 2 heterocycles. The number of aromatic amines is 1. The number of alkyl halides is 6. The first-order chi connectivity index (χ1) is 12.5. The molecule has 0 aliphatic rings. The topological polar surface area (TPSA) is 172 Å². The first-order valence-electron chi connectivity index (χ1n) is 6.47. The van der Waals surface area contributed by atoms with Crippen LogP contribution in [0, 0.1) is 0 Å². The maximum atomic E-state index is 10.6. The molecule has 0 unspecified atom stereocenters. The zero-order chi connectivity index (χ0) is 22.7. The Morgan fingerprint density at radius 3 is 1.61 bits per heavy atom. The smallest absolute Gasteiger partial charge is 0.475 e. The number of halogens is 6. The number of fused-ring (bicyclic) bond motifs is 1. The molecule has 28 heavy (non-hydrogen) atoms. The van der Waals surface area contributed by atoms with Crippen molar-refractivity contribution < 1.29 is 50.9 Å². The SMILES string of the molecule is CC(C)=O.Nc1ncnc2[nH]ncc12.O=C(O)C(F)(F)F.O=C(O)C(F)(F)F. The van der Waals surface area contributed by atoms with Gasteiger partial charge < -0.3 is 20.7 Å². The van der Waals surface area contributed by atoms with E-state index in [-0.39, 0.29) is 5.78 Å². The summed E-state index contributed by atoms with van der Waals surface area (Å²) in [7, 11) is 0. The second kappa shape index (κ2) is 11.3. The summed E-state index contributed by atoms with van der Waals surface area (Å²) < 4.78 is 63.5. The second-order valence-electron chi connectivity index (χ2n) is 4.41. The Bertz CT molecular complexity index is 761. The number of nitrogens with zero attached hydrogens (tertiary/aromatic N) is 3. The predicted octanol–water partition coefficient (Wildman–Crippen LogP) is 1.80. The minimum atomic E-state index is -5.08. The first kappa shape index (κ1) is 26.8. The highest BCUT2D eigenvalue weighted by Crippen LogP contribution is 2.13. The number of nitrogen functional groups attached to an aromatic ring is 1. The summed E-state index contributed by atoms with van der Waals surface area (Å²) in [5.41, 5.74) is 6.16. The quantitative estimate of drug-likeness (QED) is 0.463. The summed E-state index contributed by atoms with van der Waals surface area (Å²) in [4.78, 5) is 34.9. The van der Waals surface area contributed by atoms with Gasteiger partial charge in [0.15, 0.2) is 5.65 Å². The molecule has 2 aromatic heterocycles. The minimum Gasteiger partial charge on any atom is -0.475 e. The lowest BCUT2D eigenvalue weighted by Crippen LogP contribution is -2.21. The lowest BCUT2D eigenvalue weighted by molar-refractivity contribution is -0.193. The molecule has 0 saturated carbocycles. The van der Waals surface area contributed by atoms with Gasteiger partial charge in [0, 0.05) is 0 Å². The number of anilines is 1. The zero-order valence-electron chi connectivity index (χ0n) is 14.0. The van der Waals surface area contributed by atoms with Gasteiger partial charge in [-0.05, 0) is 13.8 Å². The monoisotopic (exact) mass is 421 g/mol. The van der Waals surface area contributed by atoms with Gasteiger partial charge in [0.25, 0.3) is 0 Å². The fourth-order valence-corrected chi connectivity index (χ4v) is 0.784. The molecule has 2 rings (SSSR count).